The van der Waals surface area contributed by atoms with E-state index in [0.29, 0.717) is 36.8 Å². The molecule has 0 atom stereocenters. The van der Waals surface area contributed by atoms with Crippen LogP contribution >= 0.6 is 0 Å². The molecule has 2 heterocycles. The summed E-state index contributed by atoms with van der Waals surface area (Å²) < 4.78 is 25.1. The molecule has 2 aromatic heterocycles. The first-order valence-corrected chi connectivity index (χ1v) is 10.8. The van der Waals surface area contributed by atoms with E-state index in [1.54, 1.807) is 25.4 Å². The van der Waals surface area contributed by atoms with Crippen LogP contribution in [0.3, 0.4) is 0 Å². The number of aromatic nitrogens is 3. The van der Waals surface area contributed by atoms with Crippen LogP contribution in [0, 0.1) is 5.82 Å². The molecular weight excluding hydrogens is 439 g/mol. The Bertz CT molecular complexity index is 1270. The van der Waals surface area contributed by atoms with E-state index in [2.05, 4.69) is 20.3 Å². The molecule has 9 heteroatoms. The molecule has 0 amide bonds. The zero-order chi connectivity index (χ0) is 23.9. The molecule has 0 unspecified atom stereocenters. The van der Waals surface area contributed by atoms with E-state index in [9.17, 15) is 9.18 Å². The van der Waals surface area contributed by atoms with Crippen LogP contribution in [0.25, 0.3) is 22.3 Å². The van der Waals surface area contributed by atoms with Crippen LogP contribution < -0.4 is 14.8 Å². The highest BCUT2D eigenvalue weighted by Crippen LogP contribution is 2.24. The highest BCUT2D eigenvalue weighted by Gasteiger charge is 2.10. The lowest BCUT2D eigenvalue weighted by atomic mass is 10.1. The third kappa shape index (κ3) is 5.68. The number of nitrogens with zero attached hydrogens (tertiary/aromatic N) is 2. The summed E-state index contributed by atoms with van der Waals surface area (Å²) >= 11 is 0. The second-order valence-corrected chi connectivity index (χ2v) is 7.69. The van der Waals surface area contributed by atoms with Crippen LogP contribution in [0.1, 0.15) is 17.7 Å². The van der Waals surface area contributed by atoms with Crippen LogP contribution in [-0.2, 0) is 17.8 Å². The second-order valence-electron chi connectivity index (χ2n) is 7.69. The lowest BCUT2D eigenvalue weighted by Gasteiger charge is -2.09. The first kappa shape index (κ1) is 23.2. The quantitative estimate of drug-likeness (QED) is 0.288. The summed E-state index contributed by atoms with van der Waals surface area (Å²) in [7, 11) is 1.59. The van der Waals surface area contributed by atoms with Crippen LogP contribution in [0.2, 0.25) is 0 Å². The van der Waals surface area contributed by atoms with Crippen molar-refractivity contribution < 1.29 is 23.8 Å². The Morgan fingerprint density at radius 1 is 1.18 bits per heavy atom. The Morgan fingerprint density at radius 2 is 1.97 bits per heavy atom. The number of carbonyl (C=O) groups is 1. The topological polar surface area (TPSA) is 109 Å². The summed E-state index contributed by atoms with van der Waals surface area (Å²) in [6.45, 7) is 1.34. The number of carboxylic acids is 1. The zero-order valence-corrected chi connectivity index (χ0v) is 18.7. The monoisotopic (exact) mass is 464 g/mol. The van der Waals surface area contributed by atoms with Crippen molar-refractivity contribution in [1.82, 2.24) is 20.3 Å². The summed E-state index contributed by atoms with van der Waals surface area (Å²) in [6.07, 6.45) is 3.54. The van der Waals surface area contributed by atoms with E-state index in [1.165, 1.54) is 6.20 Å². The Morgan fingerprint density at radius 3 is 2.74 bits per heavy atom. The Kier molecular flexibility index (Phi) is 7.34. The number of ether oxygens (including phenoxy) is 2. The van der Waals surface area contributed by atoms with Crippen molar-refractivity contribution in [3.63, 3.8) is 0 Å². The van der Waals surface area contributed by atoms with Gasteiger partial charge in [-0.25, -0.2) is 14.4 Å². The molecular formula is C25H25FN4O4. The third-order valence-electron chi connectivity index (χ3n) is 5.30. The number of fused-ring (bicyclic) bond motifs is 1. The number of benzene rings is 2. The van der Waals surface area contributed by atoms with Crippen molar-refractivity contribution in [2.24, 2.45) is 0 Å². The van der Waals surface area contributed by atoms with Crippen molar-refractivity contribution in [2.75, 3.05) is 20.3 Å². The number of hydrogen-bond donors (Lipinski definition) is 3. The average molecular weight is 464 g/mol. The lowest BCUT2D eigenvalue weighted by molar-refractivity contribution is -0.136. The van der Waals surface area contributed by atoms with Crippen molar-refractivity contribution in [3.05, 3.63) is 71.9 Å². The van der Waals surface area contributed by atoms with Gasteiger partial charge in [0, 0.05) is 29.2 Å². The van der Waals surface area contributed by atoms with Gasteiger partial charge in [0.25, 0.3) is 0 Å². The normalized spacial score (nSPS) is 11.0. The maximum absolute atomic E-state index is 14.2. The molecule has 3 N–H and O–H groups in total. The summed E-state index contributed by atoms with van der Waals surface area (Å²) in [5, 5.41) is 13.1. The molecule has 0 saturated heterocycles. The molecule has 0 fully saturated rings. The summed E-state index contributed by atoms with van der Waals surface area (Å²) in [6, 6.07) is 12.8. The molecule has 0 bridgehead atoms. The van der Waals surface area contributed by atoms with Gasteiger partial charge in [-0.3, -0.25) is 4.79 Å². The van der Waals surface area contributed by atoms with Crippen molar-refractivity contribution in [1.29, 1.82) is 0 Å². The fraction of sp³-hybridized carbons (Fsp3) is 0.240. The third-order valence-corrected chi connectivity index (χ3v) is 5.30. The van der Waals surface area contributed by atoms with E-state index < -0.39 is 11.8 Å². The first-order chi connectivity index (χ1) is 16.5. The maximum Gasteiger partial charge on any atom is 0.307 e. The maximum atomic E-state index is 14.2. The minimum absolute atomic E-state index is 0.0485. The standard InChI is InChI=1S/C25H25FN4O4/c1-33-18-5-3-16(4-6-18)25-29-14-21(26)23(30-25)15-27-9-2-10-34-19-7-8-22-20(12-19)17(13-28-22)11-24(31)32/h3-8,12-14,27-28H,2,9-11,15H2,1H3,(H,31,32). The van der Waals surface area contributed by atoms with Crippen molar-refractivity contribution in [3.8, 4) is 22.9 Å². The van der Waals surface area contributed by atoms with E-state index in [4.69, 9.17) is 14.6 Å². The van der Waals surface area contributed by atoms with Gasteiger partial charge in [0.2, 0.25) is 0 Å². The Balaban J connectivity index is 1.26. The molecule has 0 spiro atoms. The summed E-state index contributed by atoms with van der Waals surface area (Å²) in [5.41, 5.74) is 2.66. The minimum atomic E-state index is -0.880. The smallest absolute Gasteiger partial charge is 0.307 e. The van der Waals surface area contributed by atoms with Crippen LogP contribution in [0.4, 0.5) is 4.39 Å². The molecule has 34 heavy (non-hydrogen) atoms. The molecule has 176 valence electrons. The number of hydrogen-bond acceptors (Lipinski definition) is 6. The van der Waals surface area contributed by atoms with Crippen LogP contribution in [0.15, 0.2) is 54.9 Å². The average Bonchev–Trinajstić information content (AvgIpc) is 3.23. The Hall–Kier alpha value is -3.98. The number of carboxylic acid groups (broad SMARTS) is 1. The van der Waals surface area contributed by atoms with Crippen molar-refractivity contribution in [2.45, 2.75) is 19.4 Å². The van der Waals surface area contributed by atoms with Gasteiger partial charge >= 0.3 is 5.97 Å². The SMILES string of the molecule is COc1ccc(-c2ncc(F)c(CNCCCOc3ccc4[nH]cc(CC(=O)O)c4c3)n2)cc1. The highest BCUT2D eigenvalue weighted by molar-refractivity contribution is 5.88. The zero-order valence-electron chi connectivity index (χ0n) is 18.7. The summed E-state index contributed by atoms with van der Waals surface area (Å²) in [5.74, 6) is 0.507. The number of aliphatic carboxylic acids is 1. The fourth-order valence-electron chi connectivity index (χ4n) is 3.56. The number of H-pyrrole nitrogens is 1. The molecule has 0 aliphatic rings. The first-order valence-electron chi connectivity index (χ1n) is 10.8. The number of nitrogens with one attached hydrogen (secondary N) is 2. The molecule has 0 aliphatic carbocycles. The lowest BCUT2D eigenvalue weighted by Crippen LogP contribution is -2.19. The van der Waals surface area contributed by atoms with Crippen molar-refractivity contribution >= 4 is 16.9 Å². The van der Waals surface area contributed by atoms with Gasteiger partial charge < -0.3 is 24.9 Å². The summed E-state index contributed by atoms with van der Waals surface area (Å²) in [4.78, 5) is 22.5. The molecule has 2 aromatic carbocycles. The van der Waals surface area contributed by atoms with Crippen LogP contribution in [-0.4, -0.2) is 46.3 Å². The van der Waals surface area contributed by atoms with E-state index in [-0.39, 0.29) is 13.0 Å². The molecule has 4 aromatic rings. The Labute approximate surface area is 195 Å². The number of halogens is 1. The molecule has 0 radical (unpaired) electrons. The number of methoxy groups -OCH3 is 1. The van der Waals surface area contributed by atoms with E-state index >= 15 is 0 Å². The van der Waals surface area contributed by atoms with Gasteiger partial charge in [-0.2, -0.15) is 0 Å². The molecule has 0 aliphatic heterocycles. The fourth-order valence-corrected chi connectivity index (χ4v) is 3.56. The second kappa shape index (κ2) is 10.8. The van der Waals surface area contributed by atoms with Gasteiger partial charge in [-0.1, -0.05) is 0 Å². The predicted octanol–water partition coefficient (Wildman–Crippen LogP) is 3.96. The van der Waals surface area contributed by atoms with Gasteiger partial charge in [0.05, 0.1) is 32.0 Å². The largest absolute Gasteiger partial charge is 0.497 e. The highest BCUT2D eigenvalue weighted by atomic mass is 19.1. The van der Waals surface area contributed by atoms with Gasteiger partial charge in [0.1, 0.15) is 11.5 Å². The van der Waals surface area contributed by atoms with Crippen LogP contribution in [0.5, 0.6) is 11.5 Å². The van der Waals surface area contributed by atoms with Gasteiger partial charge in [0.15, 0.2) is 11.6 Å². The number of aromatic amines is 1. The predicted molar refractivity (Wildman–Crippen MR) is 125 cm³/mol. The molecule has 0 saturated carbocycles. The number of rotatable bonds is 11. The van der Waals surface area contributed by atoms with E-state index in [1.807, 2.05) is 30.3 Å². The van der Waals surface area contributed by atoms with E-state index in [0.717, 1.165) is 27.8 Å². The van der Waals surface area contributed by atoms with Gasteiger partial charge in [-0.05, 0) is 61.0 Å². The minimum Gasteiger partial charge on any atom is -0.497 e. The molecule has 4 rings (SSSR count). The molecule has 8 nitrogen and oxygen atoms in total. The van der Waals surface area contributed by atoms with Gasteiger partial charge in [-0.15, -0.1) is 0 Å².